The molecule has 3 aromatic rings. The molecule has 3 N–H and O–H groups in total. The molecule has 3 aliphatic rings. The number of rotatable bonds is 8. The zero-order valence-corrected chi connectivity index (χ0v) is 21.1. The van der Waals surface area contributed by atoms with Crippen LogP contribution in [-0.2, 0) is 11.3 Å². The minimum atomic E-state index is -4.82. The molecule has 1 unspecified atom stereocenters. The van der Waals surface area contributed by atoms with Gasteiger partial charge in [-0.05, 0) is 74.9 Å². The van der Waals surface area contributed by atoms with Crippen molar-refractivity contribution in [2.24, 2.45) is 5.84 Å². The Morgan fingerprint density at radius 2 is 1.74 bits per heavy atom. The lowest BCUT2D eigenvalue weighted by molar-refractivity contribution is -0.274. The summed E-state index contributed by atoms with van der Waals surface area (Å²) in [6.07, 6.45) is 0.835. The molecule has 0 spiro atoms. The number of hydrogen-bond donors (Lipinski definition) is 2. The number of amides is 1. The second-order valence-electron chi connectivity index (χ2n) is 10.4. The summed E-state index contributed by atoms with van der Waals surface area (Å²) in [5.74, 6) is 5.49. The first-order valence-electron chi connectivity index (χ1n) is 13.1. The van der Waals surface area contributed by atoms with Gasteiger partial charge in [0.2, 0.25) is 0 Å². The van der Waals surface area contributed by atoms with Gasteiger partial charge in [-0.3, -0.25) is 10.2 Å². The average molecular weight is 543 g/mol. The molecule has 8 nitrogen and oxygen atoms in total. The van der Waals surface area contributed by atoms with Crippen LogP contribution in [0.5, 0.6) is 5.75 Å². The van der Waals surface area contributed by atoms with Crippen LogP contribution in [0.3, 0.4) is 0 Å². The Kier molecular flexibility index (Phi) is 6.72. The van der Waals surface area contributed by atoms with E-state index in [2.05, 4.69) is 20.2 Å². The van der Waals surface area contributed by atoms with E-state index in [9.17, 15) is 18.0 Å². The number of benzene rings is 2. The van der Waals surface area contributed by atoms with Gasteiger partial charge in [0.1, 0.15) is 17.2 Å². The maximum Gasteiger partial charge on any atom is 0.573 e. The third kappa shape index (κ3) is 5.33. The predicted octanol–water partition coefficient (Wildman–Crippen LogP) is 5.44. The lowest BCUT2D eigenvalue weighted by Crippen LogP contribution is -2.45. The number of fused-ring (bicyclic) bond motifs is 2. The van der Waals surface area contributed by atoms with E-state index in [0.29, 0.717) is 34.7 Å². The summed E-state index contributed by atoms with van der Waals surface area (Å²) < 4.78 is 55.5. The molecule has 2 bridgehead atoms. The highest BCUT2D eigenvalue weighted by Gasteiger charge is 2.42. The number of anilines is 1. The van der Waals surface area contributed by atoms with Gasteiger partial charge in [0.05, 0.1) is 12.7 Å². The van der Waals surface area contributed by atoms with E-state index in [1.54, 1.807) is 24.3 Å². The van der Waals surface area contributed by atoms with Crippen molar-refractivity contribution in [2.75, 3.05) is 4.90 Å². The molecule has 39 heavy (non-hydrogen) atoms. The van der Waals surface area contributed by atoms with Crippen molar-refractivity contribution < 1.29 is 32.0 Å². The van der Waals surface area contributed by atoms with Gasteiger partial charge in [0.15, 0.2) is 0 Å². The third-order valence-corrected chi connectivity index (χ3v) is 7.85. The van der Waals surface area contributed by atoms with Crippen LogP contribution in [0.4, 0.5) is 18.9 Å². The third-order valence-electron chi connectivity index (χ3n) is 7.85. The number of nitrogens with two attached hydrogens (primary N) is 1. The number of nitrogens with one attached hydrogen (secondary N) is 1. The van der Waals surface area contributed by atoms with E-state index in [-0.39, 0.29) is 35.8 Å². The van der Waals surface area contributed by atoms with Crippen molar-refractivity contribution in [1.82, 2.24) is 10.6 Å². The molecule has 206 valence electrons. The number of para-hydroxylation sites is 1. The quantitative estimate of drug-likeness (QED) is 0.222. The fraction of sp³-hybridized carbons (Fsp3) is 0.429. The second-order valence-corrected chi connectivity index (χ2v) is 10.4. The van der Waals surface area contributed by atoms with Crippen molar-refractivity contribution in [3.05, 3.63) is 65.4 Å². The van der Waals surface area contributed by atoms with Crippen molar-refractivity contribution >= 4 is 11.6 Å². The standard InChI is InChI=1S/C28H29F3N4O4/c29-28(30,31)38-24-4-2-1-3-22(24)25-23(26(39-34-25)16-5-6-16)15-37-21-13-19-11-12-20(14-21)35(19)18-9-7-17(8-10-18)27(36)33-32/h1-4,7-10,16,19-21H,5-6,11-15,32H2,(H,33,36)/t19-,20+,21?. The van der Waals surface area contributed by atoms with Crippen LogP contribution < -0.4 is 20.9 Å². The zero-order chi connectivity index (χ0) is 27.1. The van der Waals surface area contributed by atoms with E-state index in [1.165, 1.54) is 12.1 Å². The summed E-state index contributed by atoms with van der Waals surface area (Å²) in [4.78, 5) is 14.2. The van der Waals surface area contributed by atoms with Gasteiger partial charge < -0.3 is 18.9 Å². The number of nitrogens with zero attached hydrogens (tertiary/aromatic N) is 2. The van der Waals surface area contributed by atoms with Gasteiger partial charge in [-0.15, -0.1) is 13.2 Å². The normalized spacial score (nSPS) is 22.7. The SMILES string of the molecule is NNC(=O)c1ccc(N2[C@@H]3CC[C@H]2CC(OCc2c(-c4ccccc4OC(F)(F)F)noc2C2CC2)C3)cc1. The number of carbonyl (C=O) groups is 1. The van der Waals surface area contributed by atoms with Crippen LogP contribution >= 0.6 is 0 Å². The van der Waals surface area contributed by atoms with Crippen molar-refractivity contribution in [3.63, 3.8) is 0 Å². The molecular weight excluding hydrogens is 513 g/mol. The summed E-state index contributed by atoms with van der Waals surface area (Å²) in [7, 11) is 0. The fourth-order valence-electron chi connectivity index (χ4n) is 5.97. The van der Waals surface area contributed by atoms with Crippen molar-refractivity contribution in [1.29, 1.82) is 0 Å². The summed E-state index contributed by atoms with van der Waals surface area (Å²) >= 11 is 0. The lowest BCUT2D eigenvalue weighted by Gasteiger charge is -2.40. The Bertz CT molecular complexity index is 1330. The first-order valence-corrected chi connectivity index (χ1v) is 13.1. The van der Waals surface area contributed by atoms with Crippen LogP contribution in [0, 0.1) is 0 Å². The average Bonchev–Trinajstić information content (AvgIpc) is 3.62. The molecule has 1 saturated carbocycles. The monoisotopic (exact) mass is 542 g/mol. The summed E-state index contributed by atoms with van der Waals surface area (Å²) in [5.41, 5.74) is 4.97. The molecule has 0 radical (unpaired) electrons. The number of hydrazine groups is 1. The Balaban J connectivity index is 1.18. The smallest absolute Gasteiger partial charge is 0.405 e. The van der Waals surface area contributed by atoms with Crippen LogP contribution in [0.2, 0.25) is 0 Å². The molecule has 3 fully saturated rings. The second kappa shape index (κ2) is 10.2. The molecule has 2 saturated heterocycles. The largest absolute Gasteiger partial charge is 0.573 e. The number of nitrogen functional groups attached to an aromatic ring is 1. The number of piperidine rings is 1. The molecule has 11 heteroatoms. The molecule has 3 heterocycles. The molecule has 6 rings (SSSR count). The number of carbonyl (C=O) groups excluding carboxylic acids is 1. The molecule has 1 aromatic heterocycles. The van der Waals surface area contributed by atoms with Gasteiger partial charge in [-0.1, -0.05) is 17.3 Å². The molecule has 2 aliphatic heterocycles. The lowest BCUT2D eigenvalue weighted by atomic mass is 9.98. The van der Waals surface area contributed by atoms with E-state index in [4.69, 9.17) is 15.1 Å². The van der Waals surface area contributed by atoms with E-state index >= 15 is 0 Å². The predicted molar refractivity (Wildman–Crippen MR) is 136 cm³/mol. The van der Waals surface area contributed by atoms with Crippen LogP contribution in [-0.4, -0.2) is 35.6 Å². The highest BCUT2D eigenvalue weighted by Crippen LogP contribution is 2.46. The Morgan fingerprint density at radius 3 is 2.38 bits per heavy atom. The van der Waals surface area contributed by atoms with Crippen LogP contribution in [0.15, 0.2) is 53.1 Å². The number of hydrogen-bond acceptors (Lipinski definition) is 7. The summed E-state index contributed by atoms with van der Waals surface area (Å²) in [6, 6.07) is 14.0. The van der Waals surface area contributed by atoms with Gasteiger partial charge in [-0.25, -0.2) is 5.84 Å². The van der Waals surface area contributed by atoms with E-state index < -0.39 is 6.36 Å². The first kappa shape index (κ1) is 25.7. The van der Waals surface area contributed by atoms with Gasteiger partial charge in [0, 0.05) is 40.4 Å². The Hall–Kier alpha value is -3.57. The molecule has 2 aromatic carbocycles. The zero-order valence-electron chi connectivity index (χ0n) is 21.1. The molecular formula is C28H29F3N4O4. The van der Waals surface area contributed by atoms with Crippen molar-refractivity contribution in [3.8, 4) is 17.0 Å². The molecule has 1 amide bonds. The van der Waals surface area contributed by atoms with Gasteiger partial charge >= 0.3 is 6.36 Å². The Morgan fingerprint density at radius 1 is 1.05 bits per heavy atom. The minimum absolute atomic E-state index is 0.00230. The molecule has 1 aliphatic carbocycles. The highest BCUT2D eigenvalue weighted by atomic mass is 19.4. The van der Waals surface area contributed by atoms with Crippen LogP contribution in [0.25, 0.3) is 11.3 Å². The summed E-state index contributed by atoms with van der Waals surface area (Å²) in [5, 5.41) is 4.17. The Labute approximate surface area is 223 Å². The van der Waals surface area contributed by atoms with Gasteiger partial charge in [-0.2, -0.15) is 0 Å². The number of halogens is 3. The topological polar surface area (TPSA) is 103 Å². The van der Waals surface area contributed by atoms with Crippen LogP contribution in [0.1, 0.15) is 66.1 Å². The first-order chi connectivity index (χ1) is 18.8. The number of ether oxygens (including phenoxy) is 2. The minimum Gasteiger partial charge on any atom is -0.405 e. The summed E-state index contributed by atoms with van der Waals surface area (Å²) in [6.45, 7) is 0.206. The van der Waals surface area contributed by atoms with Crippen molar-refractivity contribution in [2.45, 2.75) is 75.6 Å². The van der Waals surface area contributed by atoms with E-state index in [1.807, 2.05) is 12.1 Å². The van der Waals surface area contributed by atoms with E-state index in [0.717, 1.165) is 44.2 Å². The maximum absolute atomic E-state index is 13.1. The molecule has 3 atom stereocenters. The fourth-order valence-corrected chi connectivity index (χ4v) is 5.97. The number of aromatic nitrogens is 1. The maximum atomic E-state index is 13.1. The highest BCUT2D eigenvalue weighted by molar-refractivity contribution is 5.94. The van der Waals surface area contributed by atoms with Gasteiger partial charge in [0.25, 0.3) is 5.91 Å². The number of alkyl halides is 3.